The van der Waals surface area contributed by atoms with E-state index >= 15 is 0 Å². The van der Waals surface area contributed by atoms with Crippen molar-refractivity contribution < 1.29 is 9.53 Å². The van der Waals surface area contributed by atoms with Crippen molar-refractivity contribution in [3.05, 3.63) is 33.8 Å². The molecule has 0 heterocycles. The van der Waals surface area contributed by atoms with Crippen LogP contribution in [0.4, 0.5) is 0 Å². The van der Waals surface area contributed by atoms with Gasteiger partial charge in [0, 0.05) is 10.9 Å². The third-order valence-electron chi connectivity index (χ3n) is 1.94. The Bertz CT molecular complexity index is 452. The topological polar surface area (TPSA) is 50.1 Å². The first-order valence-electron chi connectivity index (χ1n) is 4.59. The molecule has 5 heteroatoms. The summed E-state index contributed by atoms with van der Waals surface area (Å²) in [6.45, 7) is 1.93. The molecule has 1 aromatic carbocycles. The fraction of sp³-hybridized carbons (Fsp3) is 0.273. The van der Waals surface area contributed by atoms with E-state index in [0.29, 0.717) is 10.6 Å². The number of ether oxygens (including phenoxy) is 1. The molecule has 0 aliphatic heterocycles. The van der Waals surface area contributed by atoms with Gasteiger partial charge in [-0.25, -0.2) is 4.79 Å². The molecular formula is C11H9Cl2NO2. The summed E-state index contributed by atoms with van der Waals surface area (Å²) in [5.41, 5.74) is 0.907. The lowest BCUT2D eigenvalue weighted by molar-refractivity contribution is 0.0526. The molecule has 1 aromatic rings. The Morgan fingerprint density at radius 1 is 1.56 bits per heavy atom. The molecule has 0 amide bonds. The van der Waals surface area contributed by atoms with Gasteiger partial charge in [-0.1, -0.05) is 11.6 Å². The zero-order chi connectivity index (χ0) is 12.1. The molecule has 0 aliphatic carbocycles. The maximum absolute atomic E-state index is 11.6. The van der Waals surface area contributed by atoms with Crippen LogP contribution in [0.25, 0.3) is 0 Å². The average Bonchev–Trinajstić information content (AvgIpc) is 2.28. The second kappa shape index (κ2) is 5.74. The van der Waals surface area contributed by atoms with Crippen LogP contribution in [-0.4, -0.2) is 12.6 Å². The van der Waals surface area contributed by atoms with Gasteiger partial charge in [-0.2, -0.15) is 5.26 Å². The molecule has 0 atom stereocenters. The Balaban J connectivity index is 3.32. The van der Waals surface area contributed by atoms with E-state index in [1.54, 1.807) is 13.0 Å². The van der Waals surface area contributed by atoms with E-state index in [4.69, 9.17) is 33.2 Å². The van der Waals surface area contributed by atoms with Crippen molar-refractivity contribution in [2.24, 2.45) is 0 Å². The molecule has 0 bridgehead atoms. The first-order chi connectivity index (χ1) is 7.63. The number of nitriles is 1. The van der Waals surface area contributed by atoms with Crippen LogP contribution in [0.3, 0.4) is 0 Å². The summed E-state index contributed by atoms with van der Waals surface area (Å²) in [4.78, 5) is 11.6. The van der Waals surface area contributed by atoms with E-state index < -0.39 is 5.97 Å². The summed E-state index contributed by atoms with van der Waals surface area (Å²) in [6.07, 6.45) is 0. The molecule has 0 fully saturated rings. The molecule has 1 rings (SSSR count). The summed E-state index contributed by atoms with van der Waals surface area (Å²) < 4.78 is 4.83. The highest BCUT2D eigenvalue weighted by molar-refractivity contribution is 6.31. The third-order valence-corrected chi connectivity index (χ3v) is 2.44. The molecule has 0 saturated heterocycles. The fourth-order valence-electron chi connectivity index (χ4n) is 1.27. The van der Waals surface area contributed by atoms with Gasteiger partial charge in [0.15, 0.2) is 0 Å². The number of hydrogen-bond donors (Lipinski definition) is 0. The highest BCUT2D eigenvalue weighted by Crippen LogP contribution is 2.22. The molecule has 0 aromatic heterocycles. The third kappa shape index (κ3) is 2.66. The maximum atomic E-state index is 11.6. The average molecular weight is 258 g/mol. The minimum absolute atomic E-state index is 0.121. The van der Waals surface area contributed by atoms with Gasteiger partial charge in [-0.05, 0) is 24.6 Å². The van der Waals surface area contributed by atoms with Crippen LogP contribution in [0.2, 0.25) is 5.02 Å². The molecule has 0 aliphatic rings. The lowest BCUT2D eigenvalue weighted by atomic mass is 10.0. The number of hydrogen-bond acceptors (Lipinski definition) is 3. The quantitative estimate of drug-likeness (QED) is 0.618. The number of halogens is 2. The normalized spacial score (nSPS) is 9.62. The lowest BCUT2D eigenvalue weighted by Crippen LogP contribution is -2.08. The number of rotatable bonds is 3. The van der Waals surface area contributed by atoms with Crippen molar-refractivity contribution in [2.45, 2.75) is 12.8 Å². The number of nitrogens with zero attached hydrogens (tertiary/aromatic N) is 1. The predicted octanol–water partition coefficient (Wildman–Crippen LogP) is 3.13. The minimum atomic E-state index is -0.562. The smallest absolute Gasteiger partial charge is 0.339 e. The van der Waals surface area contributed by atoms with E-state index in [0.717, 1.165) is 0 Å². The van der Waals surface area contributed by atoms with Gasteiger partial charge in [-0.15, -0.1) is 11.6 Å². The molecule has 0 unspecified atom stereocenters. The number of benzene rings is 1. The van der Waals surface area contributed by atoms with Crippen molar-refractivity contribution in [1.82, 2.24) is 0 Å². The van der Waals surface area contributed by atoms with Crippen LogP contribution in [0.1, 0.15) is 28.4 Å². The Morgan fingerprint density at radius 2 is 2.25 bits per heavy atom. The first kappa shape index (κ1) is 12.8. The molecule has 0 radical (unpaired) electrons. The molecule has 84 valence electrons. The fourth-order valence-corrected chi connectivity index (χ4v) is 1.72. The van der Waals surface area contributed by atoms with Crippen LogP contribution in [0.15, 0.2) is 12.1 Å². The predicted molar refractivity (Wildman–Crippen MR) is 61.7 cm³/mol. The van der Waals surface area contributed by atoms with Crippen molar-refractivity contribution in [3.63, 3.8) is 0 Å². The Kier molecular flexibility index (Phi) is 4.60. The number of esters is 1. The van der Waals surface area contributed by atoms with Crippen molar-refractivity contribution in [2.75, 3.05) is 6.61 Å². The Hall–Kier alpha value is -1.24. The summed E-state index contributed by atoms with van der Waals surface area (Å²) >= 11 is 11.5. The van der Waals surface area contributed by atoms with Crippen LogP contribution in [0.5, 0.6) is 0 Å². The summed E-state index contributed by atoms with van der Waals surface area (Å²) in [5.74, 6) is -0.441. The van der Waals surface area contributed by atoms with Crippen molar-refractivity contribution in [3.8, 4) is 6.07 Å². The number of carbonyl (C=O) groups is 1. The Morgan fingerprint density at radius 3 is 2.75 bits per heavy atom. The van der Waals surface area contributed by atoms with E-state index in [1.165, 1.54) is 6.07 Å². The highest BCUT2D eigenvalue weighted by atomic mass is 35.5. The molecule has 0 saturated carbocycles. The van der Waals surface area contributed by atoms with Crippen LogP contribution >= 0.6 is 23.2 Å². The van der Waals surface area contributed by atoms with Gasteiger partial charge < -0.3 is 4.74 Å². The summed E-state index contributed by atoms with van der Waals surface area (Å²) in [7, 11) is 0. The molecule has 0 spiro atoms. The monoisotopic (exact) mass is 257 g/mol. The van der Waals surface area contributed by atoms with Crippen LogP contribution in [0, 0.1) is 11.3 Å². The second-order valence-electron chi connectivity index (χ2n) is 2.95. The standard InChI is InChI=1S/C11H9Cl2NO2/c1-2-16-11(15)9-4-8(13)3-7(5-12)10(9)6-14/h3-4H,2,5H2,1H3. The lowest BCUT2D eigenvalue weighted by Gasteiger charge is -2.07. The van der Waals surface area contributed by atoms with Gasteiger partial charge in [0.25, 0.3) is 0 Å². The van der Waals surface area contributed by atoms with Gasteiger partial charge in [0.2, 0.25) is 0 Å². The van der Waals surface area contributed by atoms with Gasteiger partial charge in [-0.3, -0.25) is 0 Å². The first-order valence-corrected chi connectivity index (χ1v) is 5.50. The molecule has 3 nitrogen and oxygen atoms in total. The maximum Gasteiger partial charge on any atom is 0.339 e. The minimum Gasteiger partial charge on any atom is -0.462 e. The zero-order valence-electron chi connectivity index (χ0n) is 8.59. The van der Waals surface area contributed by atoms with E-state index in [2.05, 4.69) is 0 Å². The zero-order valence-corrected chi connectivity index (χ0v) is 10.1. The highest BCUT2D eigenvalue weighted by Gasteiger charge is 2.16. The SMILES string of the molecule is CCOC(=O)c1cc(Cl)cc(CCl)c1C#N. The number of alkyl halides is 1. The summed E-state index contributed by atoms with van der Waals surface area (Å²) in [6, 6.07) is 4.91. The van der Waals surface area contributed by atoms with Gasteiger partial charge in [0.05, 0.1) is 17.7 Å². The largest absolute Gasteiger partial charge is 0.462 e. The molecule has 0 N–H and O–H groups in total. The van der Waals surface area contributed by atoms with E-state index in [-0.39, 0.29) is 23.6 Å². The van der Waals surface area contributed by atoms with Crippen LogP contribution in [-0.2, 0) is 10.6 Å². The second-order valence-corrected chi connectivity index (χ2v) is 3.66. The van der Waals surface area contributed by atoms with Crippen LogP contribution < -0.4 is 0 Å². The Labute approximate surface area is 104 Å². The van der Waals surface area contributed by atoms with Gasteiger partial charge >= 0.3 is 5.97 Å². The molecule has 16 heavy (non-hydrogen) atoms. The van der Waals surface area contributed by atoms with E-state index in [9.17, 15) is 4.79 Å². The van der Waals surface area contributed by atoms with Crippen molar-refractivity contribution >= 4 is 29.2 Å². The van der Waals surface area contributed by atoms with E-state index in [1.807, 2.05) is 6.07 Å². The summed E-state index contributed by atoms with van der Waals surface area (Å²) in [5, 5.41) is 9.34. The van der Waals surface area contributed by atoms with Crippen molar-refractivity contribution in [1.29, 1.82) is 5.26 Å². The molecular weight excluding hydrogens is 249 g/mol. The number of carbonyl (C=O) groups excluding carboxylic acids is 1. The van der Waals surface area contributed by atoms with Gasteiger partial charge in [0.1, 0.15) is 6.07 Å².